The summed E-state index contributed by atoms with van der Waals surface area (Å²) in [5, 5.41) is 17.6. The quantitative estimate of drug-likeness (QED) is 0.581. The van der Waals surface area contributed by atoms with E-state index in [-0.39, 0.29) is 5.75 Å². The SMILES string of the molecule is COc1cc(-c2cnc3ccc(NCc4ccco4)nn23)ccc1O. The van der Waals surface area contributed by atoms with Crippen molar-refractivity contribution >= 4 is 11.5 Å². The van der Waals surface area contributed by atoms with Crippen molar-refractivity contribution in [3.8, 4) is 22.8 Å². The maximum absolute atomic E-state index is 9.77. The van der Waals surface area contributed by atoms with E-state index in [9.17, 15) is 5.11 Å². The smallest absolute Gasteiger partial charge is 0.161 e. The summed E-state index contributed by atoms with van der Waals surface area (Å²) in [7, 11) is 1.52. The molecule has 0 atom stereocenters. The van der Waals surface area contributed by atoms with Gasteiger partial charge in [-0.3, -0.25) is 0 Å². The fourth-order valence-electron chi connectivity index (χ4n) is 2.59. The molecule has 0 aliphatic heterocycles. The molecule has 7 heteroatoms. The van der Waals surface area contributed by atoms with Gasteiger partial charge in [-0.1, -0.05) is 0 Å². The number of rotatable bonds is 5. The second-order valence-corrected chi connectivity index (χ2v) is 5.45. The van der Waals surface area contributed by atoms with E-state index >= 15 is 0 Å². The molecule has 1 aromatic carbocycles. The summed E-state index contributed by atoms with van der Waals surface area (Å²) in [5.74, 6) is 2.03. The molecule has 0 aliphatic rings. The molecule has 0 unspecified atom stereocenters. The number of hydrogen-bond acceptors (Lipinski definition) is 6. The molecule has 3 heterocycles. The standard InChI is InChI=1S/C18H16N4O3/c1-24-16-9-12(4-5-15(16)23)14-11-20-18-7-6-17(21-22(14)18)19-10-13-3-2-8-25-13/h2-9,11,23H,10H2,1H3,(H,19,21). The van der Waals surface area contributed by atoms with Gasteiger partial charge in [0, 0.05) is 5.56 Å². The van der Waals surface area contributed by atoms with Gasteiger partial charge >= 0.3 is 0 Å². The molecular weight excluding hydrogens is 320 g/mol. The van der Waals surface area contributed by atoms with Gasteiger partial charge in [-0.05, 0) is 42.5 Å². The van der Waals surface area contributed by atoms with Gasteiger partial charge in [-0.15, -0.1) is 5.10 Å². The minimum Gasteiger partial charge on any atom is -0.504 e. The fraction of sp³-hybridized carbons (Fsp3) is 0.111. The number of fused-ring (bicyclic) bond motifs is 1. The number of nitrogens with one attached hydrogen (secondary N) is 1. The molecule has 0 fully saturated rings. The minimum absolute atomic E-state index is 0.0915. The molecule has 0 radical (unpaired) electrons. The summed E-state index contributed by atoms with van der Waals surface area (Å²) in [6.45, 7) is 0.544. The highest BCUT2D eigenvalue weighted by molar-refractivity contribution is 5.66. The molecule has 0 bridgehead atoms. The molecule has 7 nitrogen and oxygen atoms in total. The summed E-state index contributed by atoms with van der Waals surface area (Å²) in [4.78, 5) is 4.37. The Morgan fingerprint density at radius 3 is 2.96 bits per heavy atom. The number of furan rings is 1. The minimum atomic E-state index is 0.0915. The number of hydrogen-bond donors (Lipinski definition) is 2. The van der Waals surface area contributed by atoms with E-state index in [1.165, 1.54) is 7.11 Å². The average molecular weight is 336 g/mol. The van der Waals surface area contributed by atoms with Gasteiger partial charge in [0.05, 0.1) is 31.8 Å². The highest BCUT2D eigenvalue weighted by Crippen LogP contribution is 2.31. The van der Waals surface area contributed by atoms with Gasteiger partial charge < -0.3 is 19.6 Å². The van der Waals surface area contributed by atoms with Crippen molar-refractivity contribution in [1.82, 2.24) is 14.6 Å². The van der Waals surface area contributed by atoms with Crippen molar-refractivity contribution in [2.45, 2.75) is 6.54 Å². The van der Waals surface area contributed by atoms with Gasteiger partial charge in [0.15, 0.2) is 17.1 Å². The number of aromatic nitrogens is 3. The zero-order chi connectivity index (χ0) is 17.2. The van der Waals surface area contributed by atoms with Crippen LogP contribution >= 0.6 is 0 Å². The van der Waals surface area contributed by atoms with Gasteiger partial charge in [-0.2, -0.15) is 0 Å². The number of benzene rings is 1. The van der Waals surface area contributed by atoms with Crippen LogP contribution in [0.4, 0.5) is 5.82 Å². The van der Waals surface area contributed by atoms with E-state index in [4.69, 9.17) is 9.15 Å². The Bertz CT molecular complexity index is 1010. The van der Waals surface area contributed by atoms with Crippen LogP contribution in [-0.4, -0.2) is 26.8 Å². The highest BCUT2D eigenvalue weighted by atomic mass is 16.5. The van der Waals surface area contributed by atoms with Crippen LogP contribution in [0.2, 0.25) is 0 Å². The summed E-state index contributed by atoms with van der Waals surface area (Å²) in [5.41, 5.74) is 2.37. The molecule has 0 saturated carbocycles. The third kappa shape index (κ3) is 2.87. The number of phenols is 1. The van der Waals surface area contributed by atoms with E-state index in [0.29, 0.717) is 18.1 Å². The number of ether oxygens (including phenoxy) is 1. The fourth-order valence-corrected chi connectivity index (χ4v) is 2.59. The molecule has 2 N–H and O–H groups in total. The van der Waals surface area contributed by atoms with Gasteiger partial charge in [-0.25, -0.2) is 9.50 Å². The molecule has 3 aromatic heterocycles. The topological polar surface area (TPSA) is 84.8 Å². The highest BCUT2D eigenvalue weighted by Gasteiger charge is 2.11. The van der Waals surface area contributed by atoms with Crippen molar-refractivity contribution in [2.24, 2.45) is 0 Å². The van der Waals surface area contributed by atoms with E-state index in [0.717, 1.165) is 22.7 Å². The lowest BCUT2D eigenvalue weighted by Crippen LogP contribution is -2.04. The molecule has 25 heavy (non-hydrogen) atoms. The predicted octanol–water partition coefficient (Wildman–Crippen LogP) is 3.32. The summed E-state index contributed by atoms with van der Waals surface area (Å²) < 4.78 is 12.2. The number of methoxy groups -OCH3 is 1. The van der Waals surface area contributed by atoms with Crippen LogP contribution in [0.25, 0.3) is 16.9 Å². The molecule has 0 spiro atoms. The van der Waals surface area contributed by atoms with Crippen molar-refractivity contribution in [1.29, 1.82) is 0 Å². The number of imidazole rings is 1. The van der Waals surface area contributed by atoms with E-state index < -0.39 is 0 Å². The monoisotopic (exact) mass is 336 g/mol. The second-order valence-electron chi connectivity index (χ2n) is 5.45. The third-order valence-electron chi connectivity index (χ3n) is 3.86. The Morgan fingerprint density at radius 2 is 2.16 bits per heavy atom. The van der Waals surface area contributed by atoms with Gasteiger partial charge in [0.25, 0.3) is 0 Å². The Balaban J connectivity index is 1.69. The maximum atomic E-state index is 9.77. The second kappa shape index (κ2) is 6.20. The molecule has 126 valence electrons. The Hall–Kier alpha value is -3.48. The lowest BCUT2D eigenvalue weighted by molar-refractivity contribution is 0.373. The van der Waals surface area contributed by atoms with Gasteiger partial charge in [0.1, 0.15) is 11.6 Å². The summed E-state index contributed by atoms with van der Waals surface area (Å²) in [6, 6.07) is 12.6. The Morgan fingerprint density at radius 1 is 1.24 bits per heavy atom. The van der Waals surface area contributed by atoms with Crippen LogP contribution in [0.1, 0.15) is 5.76 Å². The van der Waals surface area contributed by atoms with Crippen LogP contribution in [0.3, 0.4) is 0 Å². The third-order valence-corrected chi connectivity index (χ3v) is 3.86. The van der Waals surface area contributed by atoms with Crippen LogP contribution in [0.15, 0.2) is 59.3 Å². The number of aromatic hydroxyl groups is 1. The van der Waals surface area contributed by atoms with Crippen molar-refractivity contribution in [3.05, 3.63) is 60.7 Å². The number of anilines is 1. The van der Waals surface area contributed by atoms with Gasteiger partial charge in [0.2, 0.25) is 0 Å². The molecule has 0 saturated heterocycles. The number of nitrogens with zero attached hydrogens (tertiary/aromatic N) is 3. The van der Waals surface area contributed by atoms with Crippen molar-refractivity contribution in [2.75, 3.05) is 12.4 Å². The normalized spacial score (nSPS) is 10.9. The first-order valence-electron chi connectivity index (χ1n) is 7.73. The Kier molecular flexibility index (Phi) is 3.74. The lowest BCUT2D eigenvalue weighted by atomic mass is 10.1. The summed E-state index contributed by atoms with van der Waals surface area (Å²) >= 11 is 0. The van der Waals surface area contributed by atoms with Crippen molar-refractivity contribution in [3.63, 3.8) is 0 Å². The Labute approximate surface area is 143 Å². The first kappa shape index (κ1) is 15.1. The first-order valence-corrected chi connectivity index (χ1v) is 7.73. The van der Waals surface area contributed by atoms with E-state index in [1.807, 2.05) is 24.3 Å². The first-order chi connectivity index (χ1) is 12.2. The molecular formula is C18H16N4O3. The van der Waals surface area contributed by atoms with E-state index in [2.05, 4.69) is 15.4 Å². The van der Waals surface area contributed by atoms with E-state index in [1.54, 1.807) is 35.2 Å². The maximum Gasteiger partial charge on any atom is 0.161 e. The lowest BCUT2D eigenvalue weighted by Gasteiger charge is -2.08. The molecule has 4 aromatic rings. The predicted molar refractivity (Wildman–Crippen MR) is 92.7 cm³/mol. The van der Waals surface area contributed by atoms with Crippen LogP contribution in [0, 0.1) is 0 Å². The van der Waals surface area contributed by atoms with Crippen LogP contribution in [-0.2, 0) is 6.54 Å². The molecule has 0 aliphatic carbocycles. The zero-order valence-corrected chi connectivity index (χ0v) is 13.5. The molecule has 4 rings (SSSR count). The van der Waals surface area contributed by atoms with Crippen molar-refractivity contribution < 1.29 is 14.3 Å². The zero-order valence-electron chi connectivity index (χ0n) is 13.5. The largest absolute Gasteiger partial charge is 0.504 e. The van der Waals surface area contributed by atoms with Crippen LogP contribution in [0.5, 0.6) is 11.5 Å². The van der Waals surface area contributed by atoms with Crippen LogP contribution < -0.4 is 10.1 Å². The summed E-state index contributed by atoms with van der Waals surface area (Å²) in [6.07, 6.45) is 3.38. The average Bonchev–Trinajstić information content (AvgIpc) is 3.30. The molecule has 0 amide bonds. The number of phenolic OH excluding ortho intramolecular Hbond substituents is 1.